The van der Waals surface area contributed by atoms with Gasteiger partial charge in [0.1, 0.15) is 0 Å². The molecule has 0 aromatic carbocycles. The van der Waals surface area contributed by atoms with E-state index in [9.17, 15) is 0 Å². The molecule has 0 radical (unpaired) electrons. The largest absolute Gasteiger partial charge is 0.297 e. The minimum absolute atomic E-state index is 0.764. The van der Waals surface area contributed by atoms with E-state index in [0.717, 1.165) is 23.9 Å². The van der Waals surface area contributed by atoms with Gasteiger partial charge in [-0.1, -0.05) is 6.92 Å². The molecule has 1 heteroatoms. The van der Waals surface area contributed by atoms with Gasteiger partial charge in [0, 0.05) is 18.6 Å². The molecular weight excluding hydrogens is 146 g/mol. The van der Waals surface area contributed by atoms with Gasteiger partial charge in [-0.2, -0.15) is 0 Å². The first kappa shape index (κ1) is 8.55. The molecule has 2 fully saturated rings. The van der Waals surface area contributed by atoms with Crippen LogP contribution < -0.4 is 0 Å². The lowest BCUT2D eigenvalue weighted by Gasteiger charge is -2.27. The highest BCUT2D eigenvalue weighted by Crippen LogP contribution is 2.43. The lowest BCUT2D eigenvalue weighted by Crippen LogP contribution is -2.36. The van der Waals surface area contributed by atoms with Gasteiger partial charge in [0.05, 0.1) is 0 Å². The smallest absolute Gasteiger partial charge is 0.0130 e. The molecule has 12 heavy (non-hydrogen) atoms. The van der Waals surface area contributed by atoms with Gasteiger partial charge in [-0.25, -0.2) is 0 Å². The SMILES string of the molecule is CC(C)N1C[C@@H](C)CC[C@H]2CC21. The summed E-state index contributed by atoms with van der Waals surface area (Å²) in [5.41, 5.74) is 0. The molecule has 0 spiro atoms. The Morgan fingerprint density at radius 1 is 1.25 bits per heavy atom. The monoisotopic (exact) mass is 167 g/mol. The van der Waals surface area contributed by atoms with Crippen molar-refractivity contribution in [3.05, 3.63) is 0 Å². The number of hydrogen-bond donors (Lipinski definition) is 0. The van der Waals surface area contributed by atoms with Crippen molar-refractivity contribution < 1.29 is 0 Å². The predicted molar refractivity (Wildman–Crippen MR) is 52.1 cm³/mol. The highest BCUT2D eigenvalue weighted by atomic mass is 15.2. The summed E-state index contributed by atoms with van der Waals surface area (Å²) >= 11 is 0. The second-order valence-electron chi connectivity index (χ2n) is 5.04. The minimum atomic E-state index is 0.764. The number of nitrogens with zero attached hydrogens (tertiary/aromatic N) is 1. The van der Waals surface area contributed by atoms with Gasteiger partial charge < -0.3 is 0 Å². The van der Waals surface area contributed by atoms with Crippen LogP contribution in [0.25, 0.3) is 0 Å². The topological polar surface area (TPSA) is 3.24 Å². The van der Waals surface area contributed by atoms with E-state index in [1.54, 1.807) is 0 Å². The number of likely N-dealkylation sites (tertiary alicyclic amines) is 1. The van der Waals surface area contributed by atoms with Crippen LogP contribution in [0.2, 0.25) is 0 Å². The summed E-state index contributed by atoms with van der Waals surface area (Å²) in [5.74, 6) is 2.00. The molecule has 1 aliphatic heterocycles. The Bertz CT molecular complexity index is 162. The maximum absolute atomic E-state index is 2.72. The summed E-state index contributed by atoms with van der Waals surface area (Å²) in [6, 6.07) is 1.73. The van der Waals surface area contributed by atoms with Gasteiger partial charge in [-0.3, -0.25) is 4.90 Å². The number of fused-ring (bicyclic) bond motifs is 1. The Labute approximate surface area is 76.1 Å². The molecule has 2 aliphatic rings. The molecule has 0 N–H and O–H groups in total. The van der Waals surface area contributed by atoms with Crippen molar-refractivity contribution in [1.29, 1.82) is 0 Å². The van der Waals surface area contributed by atoms with E-state index < -0.39 is 0 Å². The lowest BCUT2D eigenvalue weighted by atomic mass is 10.0. The Balaban J connectivity index is 2.00. The van der Waals surface area contributed by atoms with Crippen molar-refractivity contribution in [3.63, 3.8) is 0 Å². The molecule has 1 saturated carbocycles. The highest BCUT2D eigenvalue weighted by Gasteiger charge is 2.44. The minimum Gasteiger partial charge on any atom is -0.297 e. The van der Waals surface area contributed by atoms with E-state index in [1.807, 2.05) is 0 Å². The van der Waals surface area contributed by atoms with Gasteiger partial charge in [-0.05, 0) is 44.9 Å². The molecule has 0 aromatic rings. The third kappa shape index (κ3) is 1.52. The fourth-order valence-corrected chi connectivity index (χ4v) is 2.63. The predicted octanol–water partition coefficient (Wildman–Crippen LogP) is 2.52. The molecule has 70 valence electrons. The second kappa shape index (κ2) is 3.02. The van der Waals surface area contributed by atoms with Crippen molar-refractivity contribution in [2.24, 2.45) is 11.8 Å². The van der Waals surface area contributed by atoms with Crippen LogP contribution in [-0.4, -0.2) is 23.5 Å². The van der Waals surface area contributed by atoms with Crippen molar-refractivity contribution in [2.75, 3.05) is 6.54 Å². The van der Waals surface area contributed by atoms with Crippen LogP contribution in [0.4, 0.5) is 0 Å². The standard InChI is InChI=1S/C11H21N/c1-8(2)12-7-9(3)4-5-10-6-11(10)12/h8-11H,4-7H2,1-3H3/t9-,10-,11?/m0/s1. The molecule has 0 bridgehead atoms. The van der Waals surface area contributed by atoms with E-state index in [2.05, 4.69) is 25.7 Å². The van der Waals surface area contributed by atoms with Crippen LogP contribution in [-0.2, 0) is 0 Å². The van der Waals surface area contributed by atoms with E-state index in [4.69, 9.17) is 0 Å². The van der Waals surface area contributed by atoms with E-state index in [0.29, 0.717) is 0 Å². The summed E-state index contributed by atoms with van der Waals surface area (Å²) in [6.45, 7) is 8.43. The quantitative estimate of drug-likeness (QED) is 0.580. The summed E-state index contributed by atoms with van der Waals surface area (Å²) in [4.78, 5) is 2.72. The first-order valence-corrected chi connectivity index (χ1v) is 5.44. The number of rotatable bonds is 1. The van der Waals surface area contributed by atoms with Crippen molar-refractivity contribution >= 4 is 0 Å². The van der Waals surface area contributed by atoms with Crippen LogP contribution >= 0.6 is 0 Å². The summed E-state index contributed by atoms with van der Waals surface area (Å²) < 4.78 is 0. The molecular formula is C11H21N. The molecule has 1 aliphatic carbocycles. The molecule has 1 nitrogen and oxygen atoms in total. The zero-order valence-electron chi connectivity index (χ0n) is 8.59. The van der Waals surface area contributed by atoms with E-state index in [-0.39, 0.29) is 0 Å². The summed E-state index contributed by atoms with van der Waals surface area (Å²) in [5, 5.41) is 0. The maximum Gasteiger partial charge on any atom is 0.0130 e. The highest BCUT2D eigenvalue weighted by molar-refractivity contribution is 4.98. The van der Waals surface area contributed by atoms with Crippen LogP contribution in [0.3, 0.4) is 0 Å². The Kier molecular flexibility index (Phi) is 2.16. The van der Waals surface area contributed by atoms with Gasteiger partial charge in [0.2, 0.25) is 0 Å². The molecule has 0 aromatic heterocycles. The zero-order chi connectivity index (χ0) is 8.72. The fourth-order valence-electron chi connectivity index (χ4n) is 2.63. The van der Waals surface area contributed by atoms with E-state index >= 15 is 0 Å². The molecule has 1 saturated heterocycles. The molecule has 3 atom stereocenters. The van der Waals surface area contributed by atoms with Gasteiger partial charge in [0.15, 0.2) is 0 Å². The maximum atomic E-state index is 2.72. The average molecular weight is 167 g/mol. The van der Waals surface area contributed by atoms with Crippen LogP contribution in [0.5, 0.6) is 0 Å². The van der Waals surface area contributed by atoms with Gasteiger partial charge in [0.25, 0.3) is 0 Å². The third-order valence-electron chi connectivity index (χ3n) is 3.53. The normalized spacial score (nSPS) is 42.5. The molecule has 1 heterocycles. The Hall–Kier alpha value is -0.0400. The molecule has 1 unspecified atom stereocenters. The van der Waals surface area contributed by atoms with Crippen LogP contribution in [0.1, 0.15) is 40.0 Å². The fraction of sp³-hybridized carbons (Fsp3) is 1.00. The molecule has 0 amide bonds. The molecule has 2 rings (SSSR count). The zero-order valence-corrected chi connectivity index (χ0v) is 8.59. The van der Waals surface area contributed by atoms with Crippen molar-refractivity contribution in [2.45, 2.75) is 52.1 Å². The van der Waals surface area contributed by atoms with Crippen LogP contribution in [0, 0.1) is 11.8 Å². The second-order valence-corrected chi connectivity index (χ2v) is 5.04. The van der Waals surface area contributed by atoms with Crippen molar-refractivity contribution in [1.82, 2.24) is 4.90 Å². The summed E-state index contributed by atoms with van der Waals surface area (Å²) in [7, 11) is 0. The average Bonchev–Trinajstić information content (AvgIpc) is 2.72. The first-order valence-electron chi connectivity index (χ1n) is 5.44. The summed E-state index contributed by atoms with van der Waals surface area (Å²) in [6.07, 6.45) is 4.45. The van der Waals surface area contributed by atoms with E-state index in [1.165, 1.54) is 25.8 Å². The lowest BCUT2D eigenvalue weighted by molar-refractivity contribution is 0.187. The van der Waals surface area contributed by atoms with Crippen molar-refractivity contribution in [3.8, 4) is 0 Å². The number of hydrogen-bond acceptors (Lipinski definition) is 1. The Morgan fingerprint density at radius 3 is 2.67 bits per heavy atom. The first-order chi connectivity index (χ1) is 5.68. The van der Waals surface area contributed by atoms with Gasteiger partial charge >= 0.3 is 0 Å². The third-order valence-corrected chi connectivity index (χ3v) is 3.53. The Morgan fingerprint density at radius 2 is 2.00 bits per heavy atom. The van der Waals surface area contributed by atoms with Crippen LogP contribution in [0.15, 0.2) is 0 Å². The van der Waals surface area contributed by atoms with Gasteiger partial charge in [-0.15, -0.1) is 0 Å².